The van der Waals surface area contributed by atoms with Crippen molar-refractivity contribution in [2.45, 2.75) is 0 Å². The Labute approximate surface area is 107 Å². The molecule has 1 aromatic carbocycles. The Balaban J connectivity index is 2.45. The third-order valence-corrected chi connectivity index (χ3v) is 2.34. The predicted octanol–water partition coefficient (Wildman–Crippen LogP) is 1.94. The highest BCUT2D eigenvalue weighted by Gasteiger charge is 2.27. The molecule has 10 heteroatoms. The number of carbonyl (C=O) groups excluding carboxylic acids is 1. The van der Waals surface area contributed by atoms with Crippen LogP contribution in [0.2, 0.25) is 0 Å². The molecule has 0 atom stereocenters. The highest BCUT2D eigenvalue weighted by atomic mass is 19.2. The summed E-state index contributed by atoms with van der Waals surface area (Å²) in [6, 6.07) is 0. The van der Waals surface area contributed by atoms with Gasteiger partial charge in [-0.2, -0.15) is 5.10 Å². The molecule has 4 N–H and O–H groups in total. The van der Waals surface area contributed by atoms with Gasteiger partial charge in [-0.25, -0.2) is 22.0 Å². The number of hydrogen-bond acceptors (Lipinski definition) is 3. The molecule has 1 heterocycles. The summed E-state index contributed by atoms with van der Waals surface area (Å²) < 4.78 is 65.3. The number of carbonyl (C=O) groups is 1. The van der Waals surface area contributed by atoms with Crippen molar-refractivity contribution < 1.29 is 26.7 Å². The number of benzene rings is 1. The lowest BCUT2D eigenvalue weighted by Crippen LogP contribution is -2.18. The molecular formula is C10H5F5N4O. The third-order valence-electron chi connectivity index (χ3n) is 2.34. The molecule has 0 radical (unpaired) electrons. The minimum atomic E-state index is -2.32. The van der Waals surface area contributed by atoms with E-state index in [-0.39, 0.29) is 11.4 Å². The van der Waals surface area contributed by atoms with Crippen LogP contribution in [0.5, 0.6) is 0 Å². The molecule has 0 saturated heterocycles. The van der Waals surface area contributed by atoms with E-state index in [9.17, 15) is 26.7 Å². The normalized spacial score (nSPS) is 10.7. The maximum Gasteiger partial charge on any atom is 0.275 e. The van der Waals surface area contributed by atoms with E-state index >= 15 is 0 Å². The van der Waals surface area contributed by atoms with Gasteiger partial charge in [-0.15, -0.1) is 0 Å². The molecule has 0 fully saturated rings. The minimum Gasteiger partial charge on any atom is -0.396 e. The van der Waals surface area contributed by atoms with Crippen molar-refractivity contribution in [2.24, 2.45) is 0 Å². The van der Waals surface area contributed by atoms with Crippen molar-refractivity contribution in [3.8, 4) is 0 Å². The summed E-state index contributed by atoms with van der Waals surface area (Å²) in [6.07, 6.45) is 1.04. The summed E-state index contributed by atoms with van der Waals surface area (Å²) >= 11 is 0. The van der Waals surface area contributed by atoms with Gasteiger partial charge in [0, 0.05) is 0 Å². The Morgan fingerprint density at radius 3 is 2.00 bits per heavy atom. The average molecular weight is 292 g/mol. The molecule has 0 aliphatic carbocycles. The van der Waals surface area contributed by atoms with Gasteiger partial charge in [0.05, 0.1) is 11.9 Å². The number of rotatable bonds is 2. The molecule has 1 aromatic heterocycles. The molecule has 0 aliphatic heterocycles. The number of nitrogen functional groups attached to an aromatic ring is 1. The van der Waals surface area contributed by atoms with Crippen LogP contribution in [0.25, 0.3) is 0 Å². The standard InChI is InChI=1S/C10H5F5N4O/c11-3-4(12)6(14)9(7(15)5(3)13)18-10(20)8-2(16)1-17-19-8/h1H,16H2,(H,17,19)(H,18,20). The van der Waals surface area contributed by atoms with Crippen molar-refractivity contribution in [3.63, 3.8) is 0 Å². The Morgan fingerprint density at radius 2 is 1.55 bits per heavy atom. The SMILES string of the molecule is Nc1cn[nH]c1C(=O)Nc1c(F)c(F)c(F)c(F)c1F. The second-order valence-corrected chi connectivity index (χ2v) is 3.60. The van der Waals surface area contributed by atoms with E-state index in [0.29, 0.717) is 0 Å². The van der Waals surface area contributed by atoms with E-state index in [0.717, 1.165) is 6.20 Å². The Morgan fingerprint density at radius 1 is 1.05 bits per heavy atom. The predicted molar refractivity (Wildman–Crippen MR) is 57.2 cm³/mol. The lowest BCUT2D eigenvalue weighted by atomic mass is 10.2. The second-order valence-electron chi connectivity index (χ2n) is 3.60. The number of anilines is 2. The van der Waals surface area contributed by atoms with Crippen LogP contribution in [0.1, 0.15) is 10.5 Å². The van der Waals surface area contributed by atoms with Crippen LogP contribution in [0.4, 0.5) is 33.3 Å². The number of nitrogens with one attached hydrogen (secondary N) is 2. The fraction of sp³-hybridized carbons (Fsp3) is 0. The minimum absolute atomic E-state index is 0.161. The highest BCUT2D eigenvalue weighted by molar-refractivity contribution is 6.06. The van der Waals surface area contributed by atoms with Gasteiger partial charge in [-0.05, 0) is 0 Å². The molecular weight excluding hydrogens is 287 g/mol. The summed E-state index contributed by atoms with van der Waals surface area (Å²) in [6.45, 7) is 0. The molecule has 1 amide bonds. The molecule has 2 aromatic rings. The van der Waals surface area contributed by atoms with Crippen LogP contribution in [-0.4, -0.2) is 16.1 Å². The Kier molecular flexibility index (Phi) is 3.30. The van der Waals surface area contributed by atoms with Crippen LogP contribution in [0, 0.1) is 29.1 Å². The zero-order valence-corrected chi connectivity index (χ0v) is 9.40. The lowest BCUT2D eigenvalue weighted by molar-refractivity contribution is 0.102. The van der Waals surface area contributed by atoms with E-state index in [1.165, 1.54) is 0 Å². The van der Waals surface area contributed by atoms with Gasteiger partial charge in [-0.1, -0.05) is 0 Å². The molecule has 2 rings (SSSR count). The van der Waals surface area contributed by atoms with Gasteiger partial charge in [0.2, 0.25) is 5.82 Å². The van der Waals surface area contributed by atoms with Crippen molar-refractivity contribution in [1.82, 2.24) is 10.2 Å². The van der Waals surface area contributed by atoms with Crippen molar-refractivity contribution in [3.05, 3.63) is 41.0 Å². The number of nitrogens with two attached hydrogens (primary N) is 1. The number of amides is 1. The zero-order valence-electron chi connectivity index (χ0n) is 9.40. The molecule has 20 heavy (non-hydrogen) atoms. The fourth-order valence-electron chi connectivity index (χ4n) is 1.37. The summed E-state index contributed by atoms with van der Waals surface area (Å²) in [5.41, 5.74) is 3.29. The van der Waals surface area contributed by atoms with Crippen LogP contribution in [0.15, 0.2) is 6.20 Å². The fourth-order valence-corrected chi connectivity index (χ4v) is 1.37. The van der Waals surface area contributed by atoms with Gasteiger partial charge < -0.3 is 11.1 Å². The smallest absolute Gasteiger partial charge is 0.275 e. The van der Waals surface area contributed by atoms with Crippen LogP contribution < -0.4 is 11.1 Å². The topological polar surface area (TPSA) is 83.8 Å². The van der Waals surface area contributed by atoms with E-state index in [2.05, 4.69) is 10.2 Å². The second kappa shape index (κ2) is 4.79. The summed E-state index contributed by atoms with van der Waals surface area (Å²) in [5, 5.41) is 7.03. The van der Waals surface area contributed by atoms with E-state index in [1.807, 2.05) is 0 Å². The van der Waals surface area contributed by atoms with Gasteiger partial charge in [0.15, 0.2) is 23.3 Å². The van der Waals surface area contributed by atoms with Crippen molar-refractivity contribution in [1.29, 1.82) is 0 Å². The van der Waals surface area contributed by atoms with E-state index in [4.69, 9.17) is 5.73 Å². The van der Waals surface area contributed by atoms with Crippen molar-refractivity contribution >= 4 is 17.3 Å². The van der Waals surface area contributed by atoms with Gasteiger partial charge in [-0.3, -0.25) is 9.89 Å². The van der Waals surface area contributed by atoms with Gasteiger partial charge in [0.25, 0.3) is 5.91 Å². The Hall–Kier alpha value is -2.65. The molecule has 0 aliphatic rings. The molecule has 106 valence electrons. The Bertz CT molecular complexity index is 670. The van der Waals surface area contributed by atoms with Gasteiger partial charge in [0.1, 0.15) is 11.4 Å². The third kappa shape index (κ3) is 2.04. The van der Waals surface area contributed by atoms with Crippen molar-refractivity contribution in [2.75, 3.05) is 11.1 Å². The van der Waals surface area contributed by atoms with Gasteiger partial charge >= 0.3 is 0 Å². The molecule has 5 nitrogen and oxygen atoms in total. The van der Waals surface area contributed by atoms with E-state index < -0.39 is 40.7 Å². The monoisotopic (exact) mass is 292 g/mol. The first-order valence-electron chi connectivity index (χ1n) is 4.96. The first kappa shape index (κ1) is 13.8. The summed E-state index contributed by atoms with van der Waals surface area (Å²) in [5.74, 6) is -12.2. The summed E-state index contributed by atoms with van der Waals surface area (Å²) in [4.78, 5) is 11.6. The number of aromatic amines is 1. The zero-order chi connectivity index (χ0) is 15.0. The first-order valence-corrected chi connectivity index (χ1v) is 4.96. The quantitative estimate of drug-likeness (QED) is 0.449. The molecule has 0 bridgehead atoms. The summed E-state index contributed by atoms with van der Waals surface area (Å²) in [7, 11) is 0. The molecule has 0 unspecified atom stereocenters. The number of hydrogen-bond donors (Lipinski definition) is 3. The first-order chi connectivity index (χ1) is 9.34. The van der Waals surface area contributed by atoms with Crippen LogP contribution in [-0.2, 0) is 0 Å². The number of aromatic nitrogens is 2. The highest BCUT2D eigenvalue weighted by Crippen LogP contribution is 2.27. The maximum absolute atomic E-state index is 13.3. The molecule has 0 spiro atoms. The largest absolute Gasteiger partial charge is 0.396 e. The number of H-pyrrole nitrogens is 1. The number of halogens is 5. The number of nitrogens with zero attached hydrogens (tertiary/aromatic N) is 1. The van der Waals surface area contributed by atoms with Crippen LogP contribution >= 0.6 is 0 Å². The van der Waals surface area contributed by atoms with E-state index in [1.54, 1.807) is 5.32 Å². The molecule has 0 saturated carbocycles. The average Bonchev–Trinajstić information content (AvgIpc) is 2.85. The lowest BCUT2D eigenvalue weighted by Gasteiger charge is -2.09. The van der Waals surface area contributed by atoms with Crippen LogP contribution in [0.3, 0.4) is 0 Å². The maximum atomic E-state index is 13.3.